The monoisotopic (exact) mass is 320 g/mol. The van der Waals surface area contributed by atoms with Gasteiger partial charge < -0.3 is 5.32 Å². The van der Waals surface area contributed by atoms with Crippen LogP contribution in [-0.2, 0) is 6.54 Å². The van der Waals surface area contributed by atoms with Crippen LogP contribution in [0.2, 0.25) is 0 Å². The molecular weight excluding hydrogens is 301 g/mol. The number of nitrogens with zero attached hydrogens (tertiary/aromatic N) is 1. The van der Waals surface area contributed by atoms with E-state index in [9.17, 15) is 13.2 Å². The van der Waals surface area contributed by atoms with Crippen molar-refractivity contribution >= 4 is 0 Å². The molecule has 1 aliphatic rings. The zero-order chi connectivity index (χ0) is 16.2. The smallest absolute Gasteiger partial charge is 0.263 e. The first kappa shape index (κ1) is 16.0. The first-order chi connectivity index (χ1) is 11.1. The van der Waals surface area contributed by atoms with Gasteiger partial charge in [-0.3, -0.25) is 4.90 Å². The number of alkyl halides is 2. The Morgan fingerprint density at radius 2 is 1.91 bits per heavy atom. The third kappa shape index (κ3) is 3.92. The second kappa shape index (κ2) is 7.15. The first-order valence-corrected chi connectivity index (χ1v) is 7.71. The summed E-state index contributed by atoms with van der Waals surface area (Å²) >= 11 is 0. The molecule has 5 heteroatoms. The van der Waals surface area contributed by atoms with Gasteiger partial charge in [0.2, 0.25) is 0 Å². The summed E-state index contributed by atoms with van der Waals surface area (Å²) in [6, 6.07) is 13.1. The summed E-state index contributed by atoms with van der Waals surface area (Å²) in [6.45, 7) is 3.10. The third-order valence-corrected chi connectivity index (χ3v) is 4.21. The van der Waals surface area contributed by atoms with Gasteiger partial charge in [-0.15, -0.1) is 0 Å². The van der Waals surface area contributed by atoms with Gasteiger partial charge >= 0.3 is 0 Å². The summed E-state index contributed by atoms with van der Waals surface area (Å²) in [7, 11) is 0. The van der Waals surface area contributed by atoms with Crippen molar-refractivity contribution in [2.24, 2.45) is 0 Å². The van der Waals surface area contributed by atoms with Crippen LogP contribution < -0.4 is 5.32 Å². The molecule has 1 fully saturated rings. The molecule has 2 nitrogen and oxygen atoms in total. The van der Waals surface area contributed by atoms with E-state index in [0.29, 0.717) is 6.54 Å². The number of hydrogen-bond acceptors (Lipinski definition) is 2. The van der Waals surface area contributed by atoms with E-state index in [4.69, 9.17) is 0 Å². The third-order valence-electron chi connectivity index (χ3n) is 4.21. The number of nitrogens with one attached hydrogen (secondary N) is 1. The number of hydrogen-bond donors (Lipinski definition) is 1. The minimum atomic E-state index is -2.44. The van der Waals surface area contributed by atoms with Crippen LogP contribution in [0.4, 0.5) is 13.2 Å². The Labute approximate surface area is 133 Å². The Kier molecular flexibility index (Phi) is 4.98. The van der Waals surface area contributed by atoms with Crippen LogP contribution in [0.5, 0.6) is 0 Å². The van der Waals surface area contributed by atoms with Crippen molar-refractivity contribution < 1.29 is 13.2 Å². The molecule has 0 aromatic heterocycles. The van der Waals surface area contributed by atoms with E-state index >= 15 is 0 Å². The molecule has 0 saturated carbocycles. The summed E-state index contributed by atoms with van der Waals surface area (Å²) in [5, 5.41) is 3.33. The highest BCUT2D eigenvalue weighted by Crippen LogP contribution is 2.25. The van der Waals surface area contributed by atoms with Crippen LogP contribution in [0.3, 0.4) is 0 Å². The van der Waals surface area contributed by atoms with Gasteiger partial charge in [0.1, 0.15) is 5.82 Å². The summed E-state index contributed by atoms with van der Waals surface area (Å²) in [5.74, 6) is -0.241. The van der Waals surface area contributed by atoms with Crippen LogP contribution >= 0.6 is 0 Å². The highest BCUT2D eigenvalue weighted by atomic mass is 19.3. The predicted octanol–water partition coefficient (Wildman–Crippen LogP) is 3.91. The van der Waals surface area contributed by atoms with Gasteiger partial charge in [-0.05, 0) is 23.3 Å². The van der Waals surface area contributed by atoms with Gasteiger partial charge in [-0.2, -0.15) is 0 Å². The molecule has 1 saturated heterocycles. The van der Waals surface area contributed by atoms with Crippen LogP contribution in [-0.4, -0.2) is 24.5 Å². The van der Waals surface area contributed by atoms with Crippen LogP contribution in [0.25, 0.3) is 0 Å². The summed E-state index contributed by atoms with van der Waals surface area (Å²) in [5.41, 5.74) is 1.95. The lowest BCUT2D eigenvalue weighted by molar-refractivity contribution is 0.150. The topological polar surface area (TPSA) is 15.3 Å². The maximum absolute atomic E-state index is 13.5. The van der Waals surface area contributed by atoms with Gasteiger partial charge in [0, 0.05) is 37.8 Å². The molecule has 1 atom stereocenters. The van der Waals surface area contributed by atoms with Crippen LogP contribution in [0.15, 0.2) is 48.5 Å². The second-order valence-electron chi connectivity index (χ2n) is 5.79. The normalized spacial score (nSPS) is 19.2. The number of halogens is 3. The molecule has 1 heterocycles. The van der Waals surface area contributed by atoms with Crippen LogP contribution in [0, 0.1) is 5.82 Å². The molecule has 23 heavy (non-hydrogen) atoms. The number of rotatable bonds is 4. The molecule has 122 valence electrons. The fourth-order valence-electron chi connectivity index (χ4n) is 2.98. The van der Waals surface area contributed by atoms with Crippen molar-refractivity contribution in [2.75, 3.05) is 19.6 Å². The molecule has 3 rings (SSSR count). The molecule has 1 aliphatic heterocycles. The van der Waals surface area contributed by atoms with Gasteiger partial charge in [-0.25, -0.2) is 13.2 Å². The average Bonchev–Trinajstić information content (AvgIpc) is 2.56. The fourth-order valence-corrected chi connectivity index (χ4v) is 2.98. The maximum Gasteiger partial charge on any atom is 0.263 e. The Hall–Kier alpha value is -1.85. The summed E-state index contributed by atoms with van der Waals surface area (Å²) < 4.78 is 38.7. The summed E-state index contributed by atoms with van der Waals surface area (Å²) in [6.07, 6.45) is -2.44. The van der Waals surface area contributed by atoms with E-state index in [2.05, 4.69) is 10.2 Å². The molecule has 2 aromatic rings. The van der Waals surface area contributed by atoms with E-state index in [1.54, 1.807) is 24.3 Å². The summed E-state index contributed by atoms with van der Waals surface area (Å²) in [4.78, 5) is 2.25. The first-order valence-electron chi connectivity index (χ1n) is 7.71. The van der Waals surface area contributed by atoms with Gasteiger partial charge in [0.05, 0.1) is 0 Å². The van der Waals surface area contributed by atoms with Crippen molar-refractivity contribution in [1.82, 2.24) is 10.2 Å². The Bertz CT molecular complexity index is 643. The van der Waals surface area contributed by atoms with Crippen molar-refractivity contribution in [2.45, 2.75) is 19.0 Å². The van der Waals surface area contributed by atoms with Gasteiger partial charge in [-0.1, -0.05) is 36.4 Å². The number of piperazine rings is 1. The van der Waals surface area contributed by atoms with Crippen molar-refractivity contribution in [3.8, 4) is 0 Å². The molecule has 2 aromatic carbocycles. The quantitative estimate of drug-likeness (QED) is 0.919. The molecule has 1 N–H and O–H groups in total. The van der Waals surface area contributed by atoms with E-state index in [0.717, 1.165) is 30.8 Å². The van der Waals surface area contributed by atoms with E-state index in [1.165, 1.54) is 18.2 Å². The van der Waals surface area contributed by atoms with E-state index < -0.39 is 6.43 Å². The average molecular weight is 320 g/mol. The van der Waals surface area contributed by atoms with Gasteiger partial charge in [0.15, 0.2) is 0 Å². The van der Waals surface area contributed by atoms with Gasteiger partial charge in [0.25, 0.3) is 6.43 Å². The molecule has 0 aliphatic carbocycles. The second-order valence-corrected chi connectivity index (χ2v) is 5.79. The SMILES string of the molecule is Fc1cccc(C2CNCCN2Cc2ccc(C(F)F)cc2)c1. The molecule has 0 radical (unpaired) electrons. The molecular formula is C18H19F3N2. The van der Waals surface area contributed by atoms with Crippen molar-refractivity contribution in [3.05, 3.63) is 71.0 Å². The van der Waals surface area contributed by atoms with Crippen LogP contribution in [0.1, 0.15) is 29.2 Å². The lowest BCUT2D eigenvalue weighted by Crippen LogP contribution is -2.45. The Morgan fingerprint density at radius 1 is 1.13 bits per heavy atom. The van der Waals surface area contributed by atoms with Crippen molar-refractivity contribution in [3.63, 3.8) is 0 Å². The minimum absolute atomic E-state index is 0.0377. The van der Waals surface area contributed by atoms with Crippen molar-refractivity contribution in [1.29, 1.82) is 0 Å². The zero-order valence-electron chi connectivity index (χ0n) is 12.7. The fraction of sp³-hybridized carbons (Fsp3) is 0.333. The molecule has 0 amide bonds. The van der Waals surface area contributed by atoms with E-state index in [1.807, 2.05) is 6.07 Å². The Balaban J connectivity index is 1.76. The maximum atomic E-state index is 13.5. The number of benzene rings is 2. The zero-order valence-corrected chi connectivity index (χ0v) is 12.7. The predicted molar refractivity (Wildman–Crippen MR) is 83.8 cm³/mol. The lowest BCUT2D eigenvalue weighted by Gasteiger charge is -2.36. The molecule has 0 bridgehead atoms. The van der Waals surface area contributed by atoms with E-state index in [-0.39, 0.29) is 17.4 Å². The molecule has 1 unspecified atom stereocenters. The Morgan fingerprint density at radius 3 is 2.61 bits per heavy atom. The standard InChI is InChI=1S/C18H19F3N2/c19-16-3-1-2-15(10-16)17-11-22-8-9-23(17)12-13-4-6-14(7-5-13)18(20)21/h1-7,10,17-18,22H,8-9,11-12H2. The highest BCUT2D eigenvalue weighted by molar-refractivity contribution is 5.25. The molecule has 0 spiro atoms. The minimum Gasteiger partial charge on any atom is -0.314 e. The highest BCUT2D eigenvalue weighted by Gasteiger charge is 2.24. The lowest BCUT2D eigenvalue weighted by atomic mass is 10.0. The largest absolute Gasteiger partial charge is 0.314 e.